The first-order valence-corrected chi connectivity index (χ1v) is 9.54. The molecule has 140 valence electrons. The van der Waals surface area contributed by atoms with Crippen LogP contribution in [-0.4, -0.2) is 35.1 Å². The van der Waals surface area contributed by atoms with Gasteiger partial charge in [-0.15, -0.1) is 0 Å². The molecular weight excluding hydrogens is 334 g/mol. The topological polar surface area (TPSA) is 53.9 Å². The minimum Gasteiger partial charge on any atom is -0.370 e. The van der Waals surface area contributed by atoms with Gasteiger partial charge < -0.3 is 10.2 Å². The molecule has 0 atom stereocenters. The van der Waals surface area contributed by atoms with Crippen molar-refractivity contribution < 1.29 is 0 Å². The van der Waals surface area contributed by atoms with Crippen molar-refractivity contribution in [3.63, 3.8) is 0 Å². The fraction of sp³-hybridized carbons (Fsp3) is 0.318. The third-order valence-corrected chi connectivity index (χ3v) is 4.45. The number of aromatic nitrogens is 3. The molecule has 1 aromatic carbocycles. The highest BCUT2D eigenvalue weighted by atomic mass is 15.2. The van der Waals surface area contributed by atoms with Crippen LogP contribution in [0.1, 0.15) is 25.3 Å². The summed E-state index contributed by atoms with van der Waals surface area (Å²) in [5.41, 5.74) is 3.30. The largest absolute Gasteiger partial charge is 0.370 e. The summed E-state index contributed by atoms with van der Waals surface area (Å²) in [7, 11) is 2.04. The average Bonchev–Trinajstić information content (AvgIpc) is 2.73. The smallest absolute Gasteiger partial charge is 0.227 e. The standard InChI is InChI=1S/C22H27N5/c1-3-4-13-24-21-17-20(19-8-6-5-7-9-19)25-22(26-21)27(2)16-12-18-10-14-23-15-11-18/h5-11,14-15,17H,3-4,12-13,16H2,1-2H3,(H,24,25,26). The first kappa shape index (κ1) is 18.8. The summed E-state index contributed by atoms with van der Waals surface area (Å²) >= 11 is 0. The average molecular weight is 361 g/mol. The minimum atomic E-state index is 0.740. The number of hydrogen-bond acceptors (Lipinski definition) is 5. The first-order valence-electron chi connectivity index (χ1n) is 9.54. The van der Waals surface area contributed by atoms with Gasteiger partial charge in [-0.1, -0.05) is 43.7 Å². The van der Waals surface area contributed by atoms with Gasteiger partial charge in [0.15, 0.2) is 0 Å². The number of pyridine rings is 1. The molecule has 1 N–H and O–H groups in total. The van der Waals surface area contributed by atoms with Crippen LogP contribution in [0.4, 0.5) is 11.8 Å². The van der Waals surface area contributed by atoms with Crippen molar-refractivity contribution in [1.29, 1.82) is 0 Å². The lowest BCUT2D eigenvalue weighted by molar-refractivity contribution is 0.820. The van der Waals surface area contributed by atoms with Crippen molar-refractivity contribution in [2.45, 2.75) is 26.2 Å². The number of benzene rings is 1. The molecule has 0 fully saturated rings. The number of nitrogens with one attached hydrogen (secondary N) is 1. The van der Waals surface area contributed by atoms with E-state index in [0.717, 1.165) is 55.4 Å². The van der Waals surface area contributed by atoms with E-state index in [4.69, 9.17) is 9.97 Å². The van der Waals surface area contributed by atoms with Crippen LogP contribution >= 0.6 is 0 Å². The van der Waals surface area contributed by atoms with E-state index in [0.29, 0.717) is 0 Å². The monoisotopic (exact) mass is 361 g/mol. The van der Waals surface area contributed by atoms with Gasteiger partial charge in [0, 0.05) is 44.2 Å². The zero-order chi connectivity index (χ0) is 18.9. The van der Waals surface area contributed by atoms with Crippen LogP contribution in [0.2, 0.25) is 0 Å². The number of unbranched alkanes of at least 4 members (excludes halogenated alkanes) is 1. The number of likely N-dealkylation sites (N-methyl/N-ethyl adjacent to an activating group) is 1. The van der Waals surface area contributed by atoms with Crippen molar-refractivity contribution in [1.82, 2.24) is 15.0 Å². The third kappa shape index (κ3) is 5.51. The lowest BCUT2D eigenvalue weighted by atomic mass is 10.1. The zero-order valence-electron chi connectivity index (χ0n) is 16.1. The Balaban J connectivity index is 1.80. The van der Waals surface area contributed by atoms with E-state index in [1.165, 1.54) is 5.56 Å². The number of rotatable bonds is 9. The summed E-state index contributed by atoms with van der Waals surface area (Å²) in [6, 6.07) is 16.4. The van der Waals surface area contributed by atoms with Crippen molar-refractivity contribution in [2.24, 2.45) is 0 Å². The normalized spacial score (nSPS) is 10.6. The Morgan fingerprint density at radius 3 is 2.52 bits per heavy atom. The molecule has 0 aliphatic carbocycles. The molecule has 0 spiro atoms. The Labute approximate surface area is 161 Å². The molecule has 2 heterocycles. The SMILES string of the molecule is CCCCNc1cc(-c2ccccc2)nc(N(C)CCc2ccncc2)n1. The van der Waals surface area contributed by atoms with E-state index >= 15 is 0 Å². The molecular formula is C22H27N5. The van der Waals surface area contributed by atoms with Gasteiger partial charge in [0.25, 0.3) is 0 Å². The van der Waals surface area contributed by atoms with Crippen molar-refractivity contribution in [3.8, 4) is 11.3 Å². The van der Waals surface area contributed by atoms with E-state index in [-0.39, 0.29) is 0 Å². The number of nitrogens with zero attached hydrogens (tertiary/aromatic N) is 4. The minimum absolute atomic E-state index is 0.740. The summed E-state index contributed by atoms with van der Waals surface area (Å²) in [6.07, 6.45) is 6.87. The van der Waals surface area contributed by atoms with Crippen LogP contribution in [0.3, 0.4) is 0 Å². The molecule has 0 aliphatic heterocycles. The Bertz CT molecular complexity index is 821. The molecule has 0 saturated heterocycles. The van der Waals surface area contributed by atoms with E-state index in [2.05, 4.69) is 34.3 Å². The summed E-state index contributed by atoms with van der Waals surface area (Å²) in [5, 5.41) is 3.44. The fourth-order valence-electron chi connectivity index (χ4n) is 2.79. The van der Waals surface area contributed by atoms with E-state index in [9.17, 15) is 0 Å². The van der Waals surface area contributed by atoms with Crippen LogP contribution in [0, 0.1) is 0 Å². The molecule has 0 amide bonds. The van der Waals surface area contributed by atoms with Gasteiger partial charge in [-0.3, -0.25) is 4.98 Å². The highest BCUT2D eigenvalue weighted by Gasteiger charge is 2.10. The molecule has 0 unspecified atom stereocenters. The van der Waals surface area contributed by atoms with Gasteiger partial charge >= 0.3 is 0 Å². The molecule has 0 radical (unpaired) electrons. The molecule has 5 nitrogen and oxygen atoms in total. The molecule has 27 heavy (non-hydrogen) atoms. The summed E-state index contributed by atoms with van der Waals surface area (Å²) in [4.78, 5) is 15.7. The molecule has 5 heteroatoms. The molecule has 2 aromatic heterocycles. The van der Waals surface area contributed by atoms with Crippen LogP contribution in [0.15, 0.2) is 60.9 Å². The van der Waals surface area contributed by atoms with E-state index in [1.54, 1.807) is 0 Å². The van der Waals surface area contributed by atoms with Crippen molar-refractivity contribution >= 4 is 11.8 Å². The Kier molecular flexibility index (Phi) is 6.74. The Morgan fingerprint density at radius 1 is 1.00 bits per heavy atom. The summed E-state index contributed by atoms with van der Waals surface area (Å²) in [6.45, 7) is 3.95. The van der Waals surface area contributed by atoms with Crippen molar-refractivity contribution in [3.05, 3.63) is 66.5 Å². The maximum absolute atomic E-state index is 4.81. The van der Waals surface area contributed by atoms with Gasteiger partial charge in [-0.2, -0.15) is 4.98 Å². The predicted octanol–water partition coefficient (Wildman–Crippen LogP) is 4.43. The number of hydrogen-bond donors (Lipinski definition) is 1. The lowest BCUT2D eigenvalue weighted by Gasteiger charge is -2.19. The quantitative estimate of drug-likeness (QED) is 0.572. The van der Waals surface area contributed by atoms with Crippen LogP contribution in [-0.2, 0) is 6.42 Å². The highest BCUT2D eigenvalue weighted by molar-refractivity contribution is 5.64. The Hall–Kier alpha value is -2.95. The highest BCUT2D eigenvalue weighted by Crippen LogP contribution is 2.22. The molecule has 0 bridgehead atoms. The molecule has 0 aliphatic rings. The summed E-state index contributed by atoms with van der Waals surface area (Å²) < 4.78 is 0. The zero-order valence-corrected chi connectivity index (χ0v) is 16.1. The van der Waals surface area contributed by atoms with Crippen LogP contribution in [0.25, 0.3) is 11.3 Å². The van der Waals surface area contributed by atoms with Crippen LogP contribution in [0.5, 0.6) is 0 Å². The molecule has 3 aromatic rings. The predicted molar refractivity (Wildman–Crippen MR) is 112 cm³/mol. The Morgan fingerprint density at radius 2 is 1.78 bits per heavy atom. The fourth-order valence-corrected chi connectivity index (χ4v) is 2.79. The van der Waals surface area contributed by atoms with E-state index in [1.807, 2.05) is 55.8 Å². The number of anilines is 2. The maximum Gasteiger partial charge on any atom is 0.227 e. The van der Waals surface area contributed by atoms with Gasteiger partial charge in [-0.05, 0) is 30.5 Å². The second-order valence-corrected chi connectivity index (χ2v) is 6.61. The van der Waals surface area contributed by atoms with Gasteiger partial charge in [0.05, 0.1) is 5.69 Å². The molecule has 3 rings (SSSR count). The second-order valence-electron chi connectivity index (χ2n) is 6.61. The van der Waals surface area contributed by atoms with Crippen molar-refractivity contribution in [2.75, 3.05) is 30.4 Å². The molecule has 0 saturated carbocycles. The lowest BCUT2D eigenvalue weighted by Crippen LogP contribution is -2.23. The van der Waals surface area contributed by atoms with Crippen LogP contribution < -0.4 is 10.2 Å². The van der Waals surface area contributed by atoms with Gasteiger partial charge in [0.1, 0.15) is 5.82 Å². The second kappa shape index (κ2) is 9.67. The van der Waals surface area contributed by atoms with Gasteiger partial charge in [0.2, 0.25) is 5.95 Å². The third-order valence-electron chi connectivity index (χ3n) is 4.45. The van der Waals surface area contributed by atoms with Gasteiger partial charge in [-0.25, -0.2) is 4.98 Å². The van der Waals surface area contributed by atoms with E-state index < -0.39 is 0 Å². The first-order chi connectivity index (χ1) is 13.3. The maximum atomic E-state index is 4.81. The summed E-state index contributed by atoms with van der Waals surface area (Å²) in [5.74, 6) is 1.62.